The van der Waals surface area contributed by atoms with Crippen molar-refractivity contribution in [1.82, 2.24) is 15.2 Å². The zero-order valence-corrected chi connectivity index (χ0v) is 16.4. The molecule has 7 heteroatoms. The Morgan fingerprint density at radius 1 is 1.00 bits per heavy atom. The number of aryl methyl sites for hydroxylation is 2. The number of hydrogen-bond acceptors (Lipinski definition) is 5. The number of H-pyrrole nitrogens is 1. The van der Waals surface area contributed by atoms with Crippen molar-refractivity contribution in [3.05, 3.63) is 74.5 Å². The second kappa shape index (κ2) is 7.25. The van der Waals surface area contributed by atoms with Crippen molar-refractivity contribution in [2.24, 2.45) is 0 Å². The van der Waals surface area contributed by atoms with E-state index in [1.54, 1.807) is 6.07 Å². The first-order valence-electron chi connectivity index (χ1n) is 9.57. The van der Waals surface area contributed by atoms with Crippen LogP contribution in [-0.2, 0) is 12.8 Å². The molecule has 6 nitrogen and oxygen atoms in total. The number of nitrogens with zero attached hydrogens (tertiary/aromatic N) is 2. The summed E-state index contributed by atoms with van der Waals surface area (Å²) in [5, 5.41) is 11.6. The zero-order chi connectivity index (χ0) is 19.8. The molecule has 2 N–H and O–H groups in total. The number of carbonyl (C=O) groups excluding carboxylic acids is 1. The van der Waals surface area contributed by atoms with Gasteiger partial charge in [0.1, 0.15) is 0 Å². The molecule has 0 radical (unpaired) electrons. The summed E-state index contributed by atoms with van der Waals surface area (Å²) in [4.78, 5) is 30.3. The van der Waals surface area contributed by atoms with Gasteiger partial charge in [0, 0.05) is 21.5 Å². The van der Waals surface area contributed by atoms with Crippen LogP contribution in [0.3, 0.4) is 0 Å². The monoisotopic (exact) mass is 402 g/mol. The van der Waals surface area contributed by atoms with Crippen LogP contribution in [0.25, 0.3) is 22.0 Å². The summed E-state index contributed by atoms with van der Waals surface area (Å²) in [6.07, 6.45) is 4.31. The third-order valence-corrected chi connectivity index (χ3v) is 6.31. The van der Waals surface area contributed by atoms with Gasteiger partial charge >= 0.3 is 0 Å². The molecule has 0 fully saturated rings. The summed E-state index contributed by atoms with van der Waals surface area (Å²) in [7, 11) is 0. The highest BCUT2D eigenvalue weighted by Crippen LogP contribution is 2.28. The van der Waals surface area contributed by atoms with Crippen LogP contribution in [0.2, 0.25) is 0 Å². The van der Waals surface area contributed by atoms with Gasteiger partial charge in [-0.05, 0) is 43.9 Å². The van der Waals surface area contributed by atoms with E-state index < -0.39 is 0 Å². The normalized spacial score (nSPS) is 13.2. The lowest BCUT2D eigenvalue weighted by Crippen LogP contribution is -2.12. The van der Waals surface area contributed by atoms with Crippen LogP contribution >= 0.6 is 11.3 Å². The van der Waals surface area contributed by atoms with Gasteiger partial charge in [-0.1, -0.05) is 30.3 Å². The van der Waals surface area contributed by atoms with Crippen LogP contribution < -0.4 is 10.9 Å². The molecule has 2 heterocycles. The topological polar surface area (TPSA) is 87.7 Å². The molecule has 4 aromatic rings. The Labute approximate surface area is 170 Å². The third kappa shape index (κ3) is 3.34. The first-order valence-corrected chi connectivity index (χ1v) is 10.4. The van der Waals surface area contributed by atoms with Gasteiger partial charge in [0.25, 0.3) is 11.5 Å². The van der Waals surface area contributed by atoms with Crippen LogP contribution in [0, 0.1) is 0 Å². The Balaban J connectivity index is 1.40. The first-order chi connectivity index (χ1) is 14.2. The molecule has 29 heavy (non-hydrogen) atoms. The number of rotatable bonds is 3. The molecular weight excluding hydrogens is 384 g/mol. The van der Waals surface area contributed by atoms with E-state index in [1.165, 1.54) is 22.6 Å². The van der Waals surface area contributed by atoms with Gasteiger partial charge in [0.05, 0.1) is 16.8 Å². The highest BCUT2D eigenvalue weighted by molar-refractivity contribution is 7.13. The molecule has 144 valence electrons. The Morgan fingerprint density at radius 2 is 1.76 bits per heavy atom. The van der Waals surface area contributed by atoms with Crippen LogP contribution in [-0.4, -0.2) is 21.1 Å². The average molecular weight is 402 g/mol. The van der Waals surface area contributed by atoms with Gasteiger partial charge in [0.2, 0.25) is 0 Å². The van der Waals surface area contributed by atoms with Crippen molar-refractivity contribution < 1.29 is 4.79 Å². The smallest absolute Gasteiger partial charge is 0.284 e. The molecule has 1 aliphatic rings. The maximum atomic E-state index is 12.6. The second-order valence-corrected chi connectivity index (χ2v) is 8.16. The fraction of sp³-hybridized carbons (Fsp3) is 0.182. The Morgan fingerprint density at radius 3 is 2.55 bits per heavy atom. The van der Waals surface area contributed by atoms with E-state index in [9.17, 15) is 9.59 Å². The zero-order valence-electron chi connectivity index (χ0n) is 15.6. The molecule has 0 atom stereocenters. The van der Waals surface area contributed by atoms with Gasteiger partial charge < -0.3 is 5.32 Å². The standard InChI is InChI=1S/C22H18N4O2S/c27-20-16-6-2-1-5-15(16)19(25-26-20)13-9-11-14(12-10-13)23-21(28)22-24-17-7-3-4-8-18(17)29-22/h1-2,5-6,9-12H,3-4,7-8H2,(H,23,28)(H,26,27). The van der Waals surface area contributed by atoms with Crippen molar-refractivity contribution in [2.75, 3.05) is 5.32 Å². The minimum absolute atomic E-state index is 0.176. The van der Waals surface area contributed by atoms with E-state index in [4.69, 9.17) is 0 Å². The lowest BCUT2D eigenvalue weighted by molar-refractivity contribution is 0.102. The first kappa shape index (κ1) is 17.8. The van der Waals surface area contributed by atoms with Crippen LogP contribution in [0.1, 0.15) is 33.2 Å². The second-order valence-electron chi connectivity index (χ2n) is 7.07. The quantitative estimate of drug-likeness (QED) is 0.538. The minimum atomic E-state index is -0.209. The highest BCUT2D eigenvalue weighted by Gasteiger charge is 2.19. The molecule has 0 unspecified atom stereocenters. The summed E-state index contributed by atoms with van der Waals surface area (Å²) in [6.45, 7) is 0. The van der Waals surface area contributed by atoms with Crippen LogP contribution in [0.15, 0.2) is 53.3 Å². The maximum absolute atomic E-state index is 12.6. The number of nitrogens with one attached hydrogen (secondary N) is 2. The van der Waals surface area contributed by atoms with Crippen LogP contribution in [0.4, 0.5) is 5.69 Å². The summed E-state index contributed by atoms with van der Waals surface area (Å²) in [5.74, 6) is -0.176. The highest BCUT2D eigenvalue weighted by atomic mass is 32.1. The molecular formula is C22H18N4O2S. The Kier molecular flexibility index (Phi) is 4.44. The average Bonchev–Trinajstić information content (AvgIpc) is 3.20. The van der Waals surface area contributed by atoms with E-state index >= 15 is 0 Å². The molecule has 1 amide bonds. The molecule has 2 aromatic heterocycles. The number of aromatic nitrogens is 3. The van der Waals surface area contributed by atoms with Gasteiger partial charge in [-0.25, -0.2) is 10.1 Å². The number of fused-ring (bicyclic) bond motifs is 2. The van der Waals surface area contributed by atoms with Gasteiger partial charge in [-0.3, -0.25) is 9.59 Å². The number of thiazole rings is 1. The predicted octanol–water partition coefficient (Wildman–Crippen LogP) is 4.18. The minimum Gasteiger partial charge on any atom is -0.320 e. The lowest BCUT2D eigenvalue weighted by Gasteiger charge is -2.07. The maximum Gasteiger partial charge on any atom is 0.284 e. The molecule has 0 bridgehead atoms. The summed E-state index contributed by atoms with van der Waals surface area (Å²) in [5.41, 5.74) is 3.13. The number of carbonyl (C=O) groups is 1. The summed E-state index contributed by atoms with van der Waals surface area (Å²) in [6, 6.07) is 14.8. The predicted molar refractivity (Wildman–Crippen MR) is 115 cm³/mol. The lowest BCUT2D eigenvalue weighted by atomic mass is 10.0. The molecule has 5 rings (SSSR count). The summed E-state index contributed by atoms with van der Waals surface area (Å²) >= 11 is 1.50. The number of hydrogen-bond donors (Lipinski definition) is 2. The third-order valence-electron chi connectivity index (χ3n) is 5.15. The van der Waals surface area contributed by atoms with Crippen molar-refractivity contribution in [3.63, 3.8) is 0 Å². The van der Waals surface area contributed by atoms with Crippen molar-refractivity contribution >= 4 is 33.7 Å². The van der Waals surface area contributed by atoms with E-state index in [0.29, 0.717) is 21.8 Å². The van der Waals surface area contributed by atoms with E-state index in [2.05, 4.69) is 20.5 Å². The number of aromatic amines is 1. The van der Waals surface area contributed by atoms with E-state index in [-0.39, 0.29) is 11.5 Å². The molecule has 1 aliphatic carbocycles. The molecule has 0 saturated heterocycles. The van der Waals surface area contributed by atoms with Crippen molar-refractivity contribution in [3.8, 4) is 11.3 Å². The van der Waals surface area contributed by atoms with Crippen LogP contribution in [0.5, 0.6) is 0 Å². The van der Waals surface area contributed by atoms with Gasteiger partial charge in [-0.2, -0.15) is 5.10 Å². The van der Waals surface area contributed by atoms with E-state index in [0.717, 1.165) is 35.9 Å². The Bertz CT molecular complexity index is 1250. The number of anilines is 1. The van der Waals surface area contributed by atoms with E-state index in [1.807, 2.05) is 42.5 Å². The Hall–Kier alpha value is -3.32. The largest absolute Gasteiger partial charge is 0.320 e. The SMILES string of the molecule is O=C(Nc1ccc(-c2n[nH]c(=O)c3ccccc23)cc1)c1nc2c(s1)CCCC2. The molecule has 0 aliphatic heterocycles. The fourth-order valence-electron chi connectivity index (χ4n) is 3.68. The number of benzene rings is 2. The molecule has 2 aromatic carbocycles. The molecule has 0 spiro atoms. The molecule has 0 saturated carbocycles. The van der Waals surface area contributed by atoms with Gasteiger partial charge in [0.15, 0.2) is 5.01 Å². The summed E-state index contributed by atoms with van der Waals surface area (Å²) < 4.78 is 0. The fourth-order valence-corrected chi connectivity index (χ4v) is 4.72. The van der Waals surface area contributed by atoms with Crippen molar-refractivity contribution in [1.29, 1.82) is 0 Å². The van der Waals surface area contributed by atoms with Gasteiger partial charge in [-0.15, -0.1) is 11.3 Å². The number of amides is 1. The van der Waals surface area contributed by atoms with Crippen molar-refractivity contribution in [2.45, 2.75) is 25.7 Å².